The van der Waals surface area contributed by atoms with E-state index in [1.54, 1.807) is 18.2 Å². The molecule has 2 saturated heterocycles. The van der Waals surface area contributed by atoms with Crippen molar-refractivity contribution in [1.82, 2.24) is 9.97 Å². The molecule has 0 aliphatic carbocycles. The van der Waals surface area contributed by atoms with Crippen LogP contribution in [0.3, 0.4) is 0 Å². The number of ether oxygens (including phenoxy) is 4. The van der Waals surface area contributed by atoms with Crippen molar-refractivity contribution >= 4 is 49.9 Å². The van der Waals surface area contributed by atoms with Gasteiger partial charge in [-0.25, -0.2) is 18.7 Å². The number of fused-ring (bicyclic) bond motifs is 2. The summed E-state index contributed by atoms with van der Waals surface area (Å²) in [7, 11) is 1.51. The van der Waals surface area contributed by atoms with Gasteiger partial charge >= 0.3 is 0 Å². The lowest BCUT2D eigenvalue weighted by Crippen LogP contribution is -2.33. The molecule has 7 nitrogen and oxygen atoms in total. The molecule has 1 N–H and O–H groups in total. The minimum atomic E-state index is -1.16. The average molecular weight is 529 g/mol. The molecule has 2 aliphatic rings. The summed E-state index contributed by atoms with van der Waals surface area (Å²) in [6.45, 7) is 0.205. The van der Waals surface area contributed by atoms with Crippen molar-refractivity contribution in [1.29, 1.82) is 0 Å². The van der Waals surface area contributed by atoms with Crippen LogP contribution in [0, 0.1) is 5.82 Å². The Bertz CT molecular complexity index is 1160. The molecular formula is C21H17BrClF2N3O4. The average Bonchev–Trinajstić information content (AvgIpc) is 3.35. The van der Waals surface area contributed by atoms with Gasteiger partial charge in [0.1, 0.15) is 30.2 Å². The molecule has 32 heavy (non-hydrogen) atoms. The van der Waals surface area contributed by atoms with E-state index in [0.717, 1.165) is 0 Å². The Kier molecular flexibility index (Phi) is 5.79. The Hall–Kier alpha value is -2.27. The second kappa shape index (κ2) is 8.58. The number of methoxy groups -OCH3 is 1. The summed E-state index contributed by atoms with van der Waals surface area (Å²) in [5.74, 6) is 0.769. The molecule has 3 heterocycles. The molecule has 4 atom stereocenters. The number of benzene rings is 2. The quantitative estimate of drug-likeness (QED) is 0.476. The van der Waals surface area contributed by atoms with Gasteiger partial charge in [0.2, 0.25) is 0 Å². The van der Waals surface area contributed by atoms with E-state index in [0.29, 0.717) is 33.9 Å². The zero-order valence-electron chi connectivity index (χ0n) is 16.6. The largest absolute Gasteiger partial charge is 0.493 e. The molecule has 1 unspecified atom stereocenters. The number of hydrogen-bond donors (Lipinski definition) is 1. The third-order valence-electron chi connectivity index (χ3n) is 5.39. The fraction of sp³-hybridized carbons (Fsp3) is 0.333. The Morgan fingerprint density at radius 2 is 1.94 bits per heavy atom. The number of nitrogens with one attached hydrogen (secondary N) is 1. The van der Waals surface area contributed by atoms with Gasteiger partial charge in [0, 0.05) is 17.1 Å². The Morgan fingerprint density at radius 1 is 1.12 bits per heavy atom. The second-order valence-corrected chi connectivity index (χ2v) is 8.59. The first-order valence-corrected chi connectivity index (χ1v) is 10.9. The highest BCUT2D eigenvalue weighted by atomic mass is 79.9. The van der Waals surface area contributed by atoms with Gasteiger partial charge in [0.05, 0.1) is 35.3 Å². The lowest BCUT2D eigenvalue weighted by Gasteiger charge is -2.20. The van der Waals surface area contributed by atoms with Crippen LogP contribution in [0.1, 0.15) is 0 Å². The monoisotopic (exact) mass is 527 g/mol. The SMILES string of the molecule is COc1cc2c(Nc3cc(F)c(Br)c(Cl)c3)ncnc2cc1OC1CO[C@H]2[C@H](F)CO[C@@H]12. The van der Waals surface area contributed by atoms with Gasteiger partial charge in [0.25, 0.3) is 0 Å². The first-order chi connectivity index (χ1) is 15.4. The molecule has 2 aliphatic heterocycles. The molecule has 0 spiro atoms. The van der Waals surface area contributed by atoms with Gasteiger partial charge < -0.3 is 24.3 Å². The van der Waals surface area contributed by atoms with Crippen molar-refractivity contribution in [3.8, 4) is 11.5 Å². The van der Waals surface area contributed by atoms with Gasteiger partial charge in [-0.3, -0.25) is 0 Å². The van der Waals surface area contributed by atoms with E-state index in [1.165, 1.54) is 19.5 Å². The maximum absolute atomic E-state index is 14.1. The lowest BCUT2D eigenvalue weighted by atomic mass is 10.1. The van der Waals surface area contributed by atoms with E-state index in [1.807, 2.05) is 0 Å². The molecule has 2 fully saturated rings. The van der Waals surface area contributed by atoms with E-state index in [2.05, 4.69) is 31.2 Å². The predicted molar refractivity (Wildman–Crippen MR) is 117 cm³/mol. The van der Waals surface area contributed by atoms with Crippen LogP contribution in [0.2, 0.25) is 5.02 Å². The highest BCUT2D eigenvalue weighted by Gasteiger charge is 2.49. The molecule has 0 saturated carbocycles. The Balaban J connectivity index is 1.46. The van der Waals surface area contributed by atoms with Crippen molar-refractivity contribution in [2.75, 3.05) is 25.6 Å². The third kappa shape index (κ3) is 3.85. The number of nitrogens with zero attached hydrogens (tertiary/aromatic N) is 2. The summed E-state index contributed by atoms with van der Waals surface area (Å²) in [5, 5.41) is 3.91. The van der Waals surface area contributed by atoms with E-state index in [9.17, 15) is 8.78 Å². The number of anilines is 2. The van der Waals surface area contributed by atoms with Crippen LogP contribution in [0.5, 0.6) is 11.5 Å². The Labute approximate surface area is 195 Å². The van der Waals surface area contributed by atoms with Gasteiger partial charge in [-0.1, -0.05) is 11.6 Å². The van der Waals surface area contributed by atoms with Gasteiger partial charge in [-0.15, -0.1) is 0 Å². The summed E-state index contributed by atoms with van der Waals surface area (Å²) >= 11 is 9.15. The third-order valence-corrected chi connectivity index (χ3v) is 6.73. The zero-order valence-corrected chi connectivity index (χ0v) is 19.0. The number of alkyl halides is 1. The fourth-order valence-electron chi connectivity index (χ4n) is 3.86. The lowest BCUT2D eigenvalue weighted by molar-refractivity contribution is 0.0271. The smallest absolute Gasteiger partial charge is 0.164 e. The van der Waals surface area contributed by atoms with Crippen LogP contribution in [0.4, 0.5) is 20.3 Å². The van der Waals surface area contributed by atoms with Crippen LogP contribution in [-0.4, -0.2) is 54.8 Å². The van der Waals surface area contributed by atoms with E-state index in [4.69, 9.17) is 30.5 Å². The van der Waals surface area contributed by atoms with Crippen molar-refractivity contribution in [2.24, 2.45) is 0 Å². The summed E-state index contributed by atoms with van der Waals surface area (Å²) in [6.07, 6.45) is -1.36. The normalized spacial score (nSPS) is 24.5. The van der Waals surface area contributed by atoms with Gasteiger partial charge in [-0.2, -0.15) is 0 Å². The fourth-order valence-corrected chi connectivity index (χ4v) is 4.30. The topological polar surface area (TPSA) is 74.7 Å². The number of aromatic nitrogens is 2. The first kappa shape index (κ1) is 21.6. The van der Waals surface area contributed by atoms with Gasteiger partial charge in [0.15, 0.2) is 23.8 Å². The summed E-state index contributed by atoms with van der Waals surface area (Å²) in [5.41, 5.74) is 0.983. The maximum atomic E-state index is 14.1. The van der Waals surface area contributed by atoms with Crippen molar-refractivity contribution < 1.29 is 27.7 Å². The van der Waals surface area contributed by atoms with E-state index >= 15 is 0 Å². The number of rotatable bonds is 5. The molecule has 1 aromatic heterocycles. The first-order valence-electron chi connectivity index (χ1n) is 9.73. The molecule has 168 valence electrons. The molecule has 5 rings (SSSR count). The molecule has 3 aromatic rings. The standard InChI is InChI=1S/C21H17BrClF2N3O4/c1-29-15-4-10-14(5-16(15)32-17-7-31-19-13(25)6-30-20(17)19)26-8-27-21(10)28-9-2-11(23)18(22)12(24)3-9/h2-5,8,13,17,19-20H,6-7H2,1H3,(H,26,27,28)/t13-,17?,19+,20+/m1/s1. The molecule has 2 aromatic carbocycles. The van der Waals surface area contributed by atoms with E-state index < -0.39 is 30.3 Å². The van der Waals surface area contributed by atoms with Crippen LogP contribution < -0.4 is 14.8 Å². The minimum absolute atomic E-state index is 0.00697. The van der Waals surface area contributed by atoms with Crippen molar-refractivity contribution in [3.63, 3.8) is 0 Å². The van der Waals surface area contributed by atoms with Crippen LogP contribution in [0.25, 0.3) is 10.9 Å². The highest BCUT2D eigenvalue weighted by Crippen LogP contribution is 2.38. The summed E-state index contributed by atoms with van der Waals surface area (Å²) < 4.78 is 50.7. The number of hydrogen-bond acceptors (Lipinski definition) is 7. The highest BCUT2D eigenvalue weighted by molar-refractivity contribution is 9.10. The van der Waals surface area contributed by atoms with Crippen molar-refractivity contribution in [3.05, 3.63) is 45.9 Å². The van der Waals surface area contributed by atoms with Crippen LogP contribution >= 0.6 is 27.5 Å². The van der Waals surface area contributed by atoms with Crippen LogP contribution in [-0.2, 0) is 9.47 Å². The maximum Gasteiger partial charge on any atom is 0.164 e. The molecular weight excluding hydrogens is 512 g/mol. The minimum Gasteiger partial charge on any atom is -0.493 e. The molecule has 0 bridgehead atoms. The predicted octanol–water partition coefficient (Wildman–Crippen LogP) is 4.82. The molecule has 0 radical (unpaired) electrons. The number of halogens is 4. The summed E-state index contributed by atoms with van der Waals surface area (Å²) in [4.78, 5) is 8.57. The van der Waals surface area contributed by atoms with E-state index in [-0.39, 0.29) is 22.7 Å². The zero-order chi connectivity index (χ0) is 22.4. The van der Waals surface area contributed by atoms with Crippen LogP contribution in [0.15, 0.2) is 35.1 Å². The summed E-state index contributed by atoms with van der Waals surface area (Å²) in [6, 6.07) is 6.29. The Morgan fingerprint density at radius 3 is 2.72 bits per heavy atom. The molecule has 11 heteroatoms. The second-order valence-electron chi connectivity index (χ2n) is 7.39. The molecule has 0 amide bonds. The van der Waals surface area contributed by atoms with Crippen molar-refractivity contribution in [2.45, 2.75) is 24.5 Å². The van der Waals surface area contributed by atoms with Gasteiger partial charge in [-0.05, 0) is 34.1 Å².